The van der Waals surface area contributed by atoms with E-state index < -0.39 is 6.29 Å². The van der Waals surface area contributed by atoms with Crippen molar-refractivity contribution in [3.63, 3.8) is 0 Å². The number of fused-ring (bicyclic) bond motifs is 1. The Balaban J connectivity index is 1.73. The molecule has 0 fully saturated rings. The number of nitrogens with zero attached hydrogens (tertiary/aromatic N) is 2. The van der Waals surface area contributed by atoms with Gasteiger partial charge in [0.05, 0.1) is 24.2 Å². The van der Waals surface area contributed by atoms with Crippen molar-refractivity contribution < 1.29 is 19.3 Å². The van der Waals surface area contributed by atoms with Crippen LogP contribution in [-0.4, -0.2) is 41.2 Å². The van der Waals surface area contributed by atoms with Gasteiger partial charge in [-0.05, 0) is 78.9 Å². The fourth-order valence-electron chi connectivity index (χ4n) is 5.12. The summed E-state index contributed by atoms with van der Waals surface area (Å²) in [5.74, 6) is 1.41. The van der Waals surface area contributed by atoms with E-state index in [0.29, 0.717) is 37.7 Å². The Hall–Kier alpha value is -3.48. The lowest BCUT2D eigenvalue weighted by Crippen LogP contribution is -2.17. The molecule has 0 aliphatic carbocycles. The minimum Gasteiger partial charge on any atom is -0.493 e. The molecule has 1 unspecified atom stereocenters. The predicted octanol–water partition coefficient (Wildman–Crippen LogP) is 6.38. The van der Waals surface area contributed by atoms with Crippen molar-refractivity contribution in [2.75, 3.05) is 19.8 Å². The summed E-state index contributed by atoms with van der Waals surface area (Å²) in [5.41, 5.74) is 7.74. The van der Waals surface area contributed by atoms with E-state index in [2.05, 4.69) is 44.7 Å². The third-order valence-corrected chi connectivity index (χ3v) is 6.95. The average molecular weight is 499 g/mol. The Labute approximate surface area is 217 Å². The van der Waals surface area contributed by atoms with Gasteiger partial charge in [-0.2, -0.15) is 0 Å². The summed E-state index contributed by atoms with van der Waals surface area (Å²) in [6, 6.07) is 12.3. The summed E-state index contributed by atoms with van der Waals surface area (Å²) < 4.78 is 17.3. The van der Waals surface area contributed by atoms with Crippen LogP contribution in [0.2, 0.25) is 0 Å². The minimum absolute atomic E-state index is 0.369. The van der Waals surface area contributed by atoms with Crippen LogP contribution in [-0.2, 0) is 22.3 Å². The van der Waals surface area contributed by atoms with E-state index in [0.717, 1.165) is 69.1 Å². The summed E-state index contributed by atoms with van der Waals surface area (Å²) >= 11 is 0. The molecule has 192 valence electrons. The van der Waals surface area contributed by atoms with Gasteiger partial charge < -0.3 is 19.3 Å². The van der Waals surface area contributed by atoms with E-state index in [1.807, 2.05) is 25.3 Å². The second-order valence-corrected chi connectivity index (χ2v) is 9.45. The van der Waals surface area contributed by atoms with Gasteiger partial charge in [0.25, 0.3) is 0 Å². The number of aryl methyl sites for hydroxylation is 1. The van der Waals surface area contributed by atoms with Crippen molar-refractivity contribution in [1.29, 1.82) is 0 Å². The molecule has 2 aromatic carbocycles. The van der Waals surface area contributed by atoms with Crippen molar-refractivity contribution in [1.82, 2.24) is 9.97 Å². The summed E-state index contributed by atoms with van der Waals surface area (Å²) in [6.07, 6.45) is 4.12. The highest BCUT2D eigenvalue weighted by molar-refractivity contribution is 6.07. The molecule has 0 saturated heterocycles. The topological polar surface area (TPSA) is 73.7 Å². The number of rotatable bonds is 10. The molecule has 3 heterocycles. The Kier molecular flexibility index (Phi) is 7.40. The predicted molar refractivity (Wildman–Crippen MR) is 148 cm³/mol. The van der Waals surface area contributed by atoms with E-state index in [1.165, 1.54) is 5.56 Å². The van der Waals surface area contributed by atoms with Gasteiger partial charge in [0.2, 0.25) is 0 Å². The lowest BCUT2D eigenvalue weighted by atomic mass is 9.87. The van der Waals surface area contributed by atoms with Gasteiger partial charge in [0, 0.05) is 42.0 Å². The number of aromatic nitrogens is 2. The fourth-order valence-corrected chi connectivity index (χ4v) is 5.12. The first kappa shape index (κ1) is 25.2. The molecule has 0 amide bonds. The van der Waals surface area contributed by atoms with E-state index >= 15 is 0 Å². The minimum atomic E-state index is -0.900. The zero-order valence-electron chi connectivity index (χ0n) is 21.8. The molecule has 6 heteroatoms. The van der Waals surface area contributed by atoms with Crippen LogP contribution in [0.5, 0.6) is 5.75 Å². The van der Waals surface area contributed by atoms with Gasteiger partial charge in [-0.25, -0.2) is 4.98 Å². The summed E-state index contributed by atoms with van der Waals surface area (Å²) in [6.45, 7) is 11.9. The standard InChI is InChI=1S/C31H34N2O4/c1-5-7-15-37-28(34)18-24-19(3)17-26-22(8-10-25(33-26)20(4)35-6-2)30(24)23-9-11-27-29-21(13-16-36-27)12-14-32-31(23)29/h8-12,14,17,28,34H,4-7,13,15-16,18H2,1-3H3. The first-order chi connectivity index (χ1) is 18.0. The molecule has 0 spiro atoms. The highest BCUT2D eigenvalue weighted by Crippen LogP contribution is 2.42. The second kappa shape index (κ2) is 10.9. The first-order valence-corrected chi connectivity index (χ1v) is 13.1. The zero-order valence-corrected chi connectivity index (χ0v) is 21.8. The Morgan fingerprint density at radius 3 is 2.86 bits per heavy atom. The maximum absolute atomic E-state index is 10.8. The Morgan fingerprint density at radius 1 is 1.19 bits per heavy atom. The maximum Gasteiger partial charge on any atom is 0.158 e. The number of aliphatic hydroxyl groups is 1. The van der Waals surface area contributed by atoms with Crippen LogP contribution >= 0.6 is 0 Å². The Morgan fingerprint density at radius 2 is 2.05 bits per heavy atom. The number of hydrogen-bond acceptors (Lipinski definition) is 6. The highest BCUT2D eigenvalue weighted by atomic mass is 16.6. The molecule has 5 rings (SSSR count). The molecule has 2 aromatic heterocycles. The van der Waals surface area contributed by atoms with Crippen LogP contribution in [0.1, 0.15) is 49.1 Å². The van der Waals surface area contributed by atoms with Gasteiger partial charge in [-0.15, -0.1) is 0 Å². The molecule has 0 bridgehead atoms. The summed E-state index contributed by atoms with van der Waals surface area (Å²) in [7, 11) is 0. The van der Waals surface area contributed by atoms with Crippen molar-refractivity contribution in [2.45, 2.75) is 52.7 Å². The molecule has 0 saturated carbocycles. The lowest BCUT2D eigenvalue weighted by Gasteiger charge is -2.23. The zero-order chi connectivity index (χ0) is 25.9. The number of benzene rings is 2. The molecule has 4 aromatic rings. The van der Waals surface area contributed by atoms with Gasteiger partial charge >= 0.3 is 0 Å². The summed E-state index contributed by atoms with van der Waals surface area (Å²) in [5, 5.41) is 12.9. The van der Waals surface area contributed by atoms with Crippen LogP contribution < -0.4 is 4.74 Å². The van der Waals surface area contributed by atoms with Crippen LogP contribution in [0.25, 0.3) is 38.7 Å². The van der Waals surface area contributed by atoms with Crippen LogP contribution in [0.15, 0.2) is 49.2 Å². The lowest BCUT2D eigenvalue weighted by molar-refractivity contribution is -0.0980. The van der Waals surface area contributed by atoms with Gasteiger partial charge in [-0.1, -0.05) is 19.9 Å². The molecule has 1 aliphatic rings. The molecule has 37 heavy (non-hydrogen) atoms. The van der Waals surface area contributed by atoms with E-state index in [9.17, 15) is 5.11 Å². The number of unbranched alkanes of at least 4 members (excludes halogenated alkanes) is 1. The van der Waals surface area contributed by atoms with Crippen molar-refractivity contribution >= 4 is 27.6 Å². The maximum atomic E-state index is 10.8. The average Bonchev–Trinajstić information content (AvgIpc) is 2.90. The smallest absolute Gasteiger partial charge is 0.158 e. The molecule has 6 nitrogen and oxygen atoms in total. The molecular weight excluding hydrogens is 464 g/mol. The largest absolute Gasteiger partial charge is 0.493 e. The molecule has 1 atom stereocenters. The van der Waals surface area contributed by atoms with Crippen molar-refractivity contribution in [3.8, 4) is 16.9 Å². The third-order valence-electron chi connectivity index (χ3n) is 6.95. The van der Waals surface area contributed by atoms with E-state index in [1.54, 1.807) is 0 Å². The number of hydrogen-bond donors (Lipinski definition) is 1. The van der Waals surface area contributed by atoms with Crippen LogP contribution in [0.3, 0.4) is 0 Å². The van der Waals surface area contributed by atoms with Crippen molar-refractivity contribution in [3.05, 3.63) is 71.6 Å². The van der Waals surface area contributed by atoms with Gasteiger partial charge in [-0.3, -0.25) is 4.98 Å². The molecule has 1 N–H and O–H groups in total. The van der Waals surface area contributed by atoms with Crippen LogP contribution in [0.4, 0.5) is 0 Å². The van der Waals surface area contributed by atoms with E-state index in [-0.39, 0.29) is 0 Å². The normalized spacial score (nSPS) is 13.5. The second-order valence-electron chi connectivity index (χ2n) is 9.45. The number of aliphatic hydroxyl groups excluding tert-OH is 1. The molecular formula is C31H34N2O4. The van der Waals surface area contributed by atoms with Crippen LogP contribution in [0, 0.1) is 6.92 Å². The highest BCUT2D eigenvalue weighted by Gasteiger charge is 2.23. The van der Waals surface area contributed by atoms with E-state index in [4.69, 9.17) is 24.2 Å². The molecule has 1 aliphatic heterocycles. The quantitative estimate of drug-likeness (QED) is 0.155. The monoisotopic (exact) mass is 498 g/mol. The third kappa shape index (κ3) is 4.91. The first-order valence-electron chi connectivity index (χ1n) is 13.1. The fraction of sp³-hybridized carbons (Fsp3) is 0.355. The Bertz CT molecular complexity index is 1450. The molecule has 0 radical (unpaired) electrons. The SMILES string of the molecule is C=C(OCC)c1ccc2c(-c3ccc4c5c(ccnc35)CCO4)c(CC(O)OCCCC)c(C)cc2n1. The number of pyridine rings is 2. The summed E-state index contributed by atoms with van der Waals surface area (Å²) in [4.78, 5) is 9.72. The van der Waals surface area contributed by atoms with Crippen molar-refractivity contribution in [2.24, 2.45) is 0 Å². The van der Waals surface area contributed by atoms with Gasteiger partial charge in [0.15, 0.2) is 6.29 Å². The number of ether oxygens (including phenoxy) is 3. The van der Waals surface area contributed by atoms with Gasteiger partial charge in [0.1, 0.15) is 17.2 Å².